The van der Waals surface area contributed by atoms with Crippen LogP contribution in [0, 0.1) is 0 Å². The second-order valence-corrected chi connectivity index (χ2v) is 4.90. The van der Waals surface area contributed by atoms with Gasteiger partial charge in [-0.3, -0.25) is 0 Å². The van der Waals surface area contributed by atoms with Crippen LogP contribution >= 0.6 is 0 Å². The zero-order valence-electron chi connectivity index (χ0n) is 12.1. The Bertz CT molecular complexity index is 605. The van der Waals surface area contributed by atoms with Gasteiger partial charge in [0.25, 0.3) is 0 Å². The monoisotopic (exact) mass is 301 g/mol. The van der Waals surface area contributed by atoms with Crippen molar-refractivity contribution in [2.24, 2.45) is 0 Å². The lowest BCUT2D eigenvalue weighted by molar-refractivity contribution is -0.141. The number of ether oxygens (including phenoxy) is 1. The molecule has 0 aliphatic rings. The molecule has 0 aliphatic heterocycles. The smallest absolute Gasteiger partial charge is 0.437 e. The molecule has 2 aromatic rings. The van der Waals surface area contributed by atoms with E-state index in [1.807, 2.05) is 13.8 Å². The summed E-state index contributed by atoms with van der Waals surface area (Å²) in [6, 6.07) is 2.95. The van der Waals surface area contributed by atoms with Crippen LogP contribution < -0.4 is 4.74 Å². The van der Waals surface area contributed by atoms with Crippen LogP contribution in [0.2, 0.25) is 0 Å². The number of unbranched alkanes of at least 4 members (excludes halogenated alkanes) is 1. The predicted octanol–water partition coefficient (Wildman–Crippen LogP) is 4.98. The van der Waals surface area contributed by atoms with Crippen LogP contribution in [0.5, 0.6) is 5.75 Å². The number of fused-ring (bicyclic) bond motifs is 1. The molecule has 1 heterocycles. The molecule has 1 aromatic carbocycles. The van der Waals surface area contributed by atoms with E-state index in [2.05, 4.69) is 5.16 Å². The van der Waals surface area contributed by atoms with Crippen molar-refractivity contribution < 1.29 is 22.4 Å². The minimum Gasteiger partial charge on any atom is -0.493 e. The van der Waals surface area contributed by atoms with Crippen molar-refractivity contribution in [1.82, 2.24) is 5.16 Å². The van der Waals surface area contributed by atoms with E-state index in [1.54, 1.807) is 6.07 Å². The van der Waals surface area contributed by atoms with E-state index in [-0.39, 0.29) is 11.0 Å². The fourth-order valence-corrected chi connectivity index (χ4v) is 2.19. The van der Waals surface area contributed by atoms with Crippen LogP contribution in [-0.2, 0) is 12.6 Å². The summed E-state index contributed by atoms with van der Waals surface area (Å²) in [6.07, 6.45) is -1.25. The summed E-state index contributed by atoms with van der Waals surface area (Å²) in [4.78, 5) is 0. The van der Waals surface area contributed by atoms with Crippen LogP contribution in [0.3, 0.4) is 0 Å². The maximum atomic E-state index is 12.9. The van der Waals surface area contributed by atoms with Crippen molar-refractivity contribution >= 4 is 11.0 Å². The van der Waals surface area contributed by atoms with Crippen molar-refractivity contribution in [2.45, 2.75) is 45.7 Å². The van der Waals surface area contributed by atoms with Gasteiger partial charge < -0.3 is 9.26 Å². The first-order valence-electron chi connectivity index (χ1n) is 7.10. The van der Waals surface area contributed by atoms with E-state index in [1.165, 1.54) is 6.07 Å². The van der Waals surface area contributed by atoms with Crippen molar-refractivity contribution in [2.75, 3.05) is 6.61 Å². The molecule has 2 rings (SSSR count). The first kappa shape index (κ1) is 15.7. The van der Waals surface area contributed by atoms with Gasteiger partial charge in [0.1, 0.15) is 5.75 Å². The van der Waals surface area contributed by atoms with Gasteiger partial charge in [0, 0.05) is 5.56 Å². The zero-order valence-corrected chi connectivity index (χ0v) is 12.1. The lowest BCUT2D eigenvalue weighted by Crippen LogP contribution is -2.06. The second kappa shape index (κ2) is 6.37. The topological polar surface area (TPSA) is 35.3 Å². The fraction of sp³-hybridized carbons (Fsp3) is 0.533. The Hall–Kier alpha value is -1.72. The van der Waals surface area contributed by atoms with E-state index in [9.17, 15) is 13.2 Å². The van der Waals surface area contributed by atoms with E-state index in [4.69, 9.17) is 9.26 Å². The molecule has 0 unspecified atom stereocenters. The third-order valence-corrected chi connectivity index (χ3v) is 3.22. The highest BCUT2D eigenvalue weighted by molar-refractivity contribution is 5.85. The Labute approximate surface area is 121 Å². The van der Waals surface area contributed by atoms with Gasteiger partial charge in [-0.05, 0) is 25.0 Å². The molecule has 0 atom stereocenters. The average Bonchev–Trinajstić information content (AvgIpc) is 2.85. The largest absolute Gasteiger partial charge is 0.493 e. The quantitative estimate of drug-likeness (QED) is 0.706. The number of rotatable bonds is 6. The van der Waals surface area contributed by atoms with Crippen molar-refractivity contribution in [3.63, 3.8) is 0 Å². The van der Waals surface area contributed by atoms with Crippen LogP contribution in [0.25, 0.3) is 11.0 Å². The average molecular weight is 301 g/mol. The lowest BCUT2D eigenvalue weighted by atomic mass is 10.0. The van der Waals surface area contributed by atoms with Crippen molar-refractivity contribution in [1.29, 1.82) is 0 Å². The number of hydrogen-bond acceptors (Lipinski definition) is 3. The maximum Gasteiger partial charge on any atom is 0.437 e. The van der Waals surface area contributed by atoms with Crippen molar-refractivity contribution in [3.8, 4) is 5.75 Å². The van der Waals surface area contributed by atoms with Crippen LogP contribution in [0.4, 0.5) is 13.2 Å². The third kappa shape index (κ3) is 3.31. The predicted molar refractivity (Wildman–Crippen MR) is 73.4 cm³/mol. The van der Waals surface area contributed by atoms with Crippen LogP contribution in [-0.4, -0.2) is 11.8 Å². The minimum atomic E-state index is -4.51. The molecule has 0 N–H and O–H groups in total. The van der Waals surface area contributed by atoms with Crippen LogP contribution in [0.15, 0.2) is 16.7 Å². The molecule has 0 saturated carbocycles. The standard InChI is InChI=1S/C15H18F3NO2/c1-3-5-9-20-12-8-7-11-13(10(12)6-4-2)21-19-14(11)15(16,17)18/h7-8H,3-6,9H2,1-2H3. The molecular weight excluding hydrogens is 283 g/mol. The van der Waals surface area contributed by atoms with E-state index >= 15 is 0 Å². The molecule has 0 fully saturated rings. The summed E-state index contributed by atoms with van der Waals surface area (Å²) in [6.45, 7) is 4.54. The van der Waals surface area contributed by atoms with Gasteiger partial charge in [-0.2, -0.15) is 13.2 Å². The Morgan fingerprint density at radius 1 is 1.19 bits per heavy atom. The van der Waals surface area contributed by atoms with Gasteiger partial charge in [-0.25, -0.2) is 0 Å². The first-order chi connectivity index (χ1) is 9.99. The molecule has 3 nitrogen and oxygen atoms in total. The fourth-order valence-electron chi connectivity index (χ4n) is 2.19. The Morgan fingerprint density at radius 3 is 2.57 bits per heavy atom. The minimum absolute atomic E-state index is 0.00575. The molecule has 0 aliphatic carbocycles. The molecule has 0 radical (unpaired) electrons. The third-order valence-electron chi connectivity index (χ3n) is 3.22. The molecule has 1 aromatic heterocycles. The number of alkyl halides is 3. The summed E-state index contributed by atoms with van der Waals surface area (Å²) in [7, 11) is 0. The Balaban J connectivity index is 2.45. The van der Waals surface area contributed by atoms with Gasteiger partial charge >= 0.3 is 6.18 Å². The highest BCUT2D eigenvalue weighted by atomic mass is 19.4. The molecule has 0 spiro atoms. The van der Waals surface area contributed by atoms with Crippen LogP contribution in [0.1, 0.15) is 44.4 Å². The van der Waals surface area contributed by atoms with Gasteiger partial charge in [-0.15, -0.1) is 0 Å². The molecule has 21 heavy (non-hydrogen) atoms. The summed E-state index contributed by atoms with van der Waals surface area (Å²) >= 11 is 0. The summed E-state index contributed by atoms with van der Waals surface area (Å²) in [5.41, 5.74) is -0.137. The highest BCUT2D eigenvalue weighted by Gasteiger charge is 2.37. The van der Waals surface area contributed by atoms with E-state index < -0.39 is 11.9 Å². The van der Waals surface area contributed by atoms with E-state index in [0.29, 0.717) is 24.3 Å². The zero-order chi connectivity index (χ0) is 15.5. The normalized spacial score (nSPS) is 12.0. The summed E-state index contributed by atoms with van der Waals surface area (Å²) < 4.78 is 49.2. The number of halogens is 3. The van der Waals surface area contributed by atoms with E-state index in [0.717, 1.165) is 19.3 Å². The molecule has 116 valence electrons. The second-order valence-electron chi connectivity index (χ2n) is 4.90. The first-order valence-corrected chi connectivity index (χ1v) is 7.10. The van der Waals surface area contributed by atoms with Gasteiger partial charge in [0.05, 0.1) is 12.0 Å². The molecule has 6 heteroatoms. The SMILES string of the molecule is CCCCOc1ccc2c(C(F)(F)F)noc2c1CCC. The van der Waals surface area contributed by atoms with Gasteiger partial charge in [0.2, 0.25) is 0 Å². The number of nitrogens with zero attached hydrogens (tertiary/aromatic N) is 1. The Kier molecular flexibility index (Phi) is 4.75. The number of benzene rings is 1. The van der Waals surface area contributed by atoms with Gasteiger partial charge in [0.15, 0.2) is 11.3 Å². The maximum absolute atomic E-state index is 12.9. The number of hydrogen-bond donors (Lipinski definition) is 0. The lowest BCUT2D eigenvalue weighted by Gasteiger charge is -2.11. The number of aryl methyl sites for hydroxylation is 1. The summed E-state index contributed by atoms with van der Waals surface area (Å²) in [5.74, 6) is 0.586. The summed E-state index contributed by atoms with van der Waals surface area (Å²) in [5, 5.41) is 3.19. The van der Waals surface area contributed by atoms with Gasteiger partial charge in [-0.1, -0.05) is 31.8 Å². The molecule has 0 bridgehead atoms. The van der Waals surface area contributed by atoms with Crippen molar-refractivity contribution in [3.05, 3.63) is 23.4 Å². The molecule has 0 amide bonds. The number of aromatic nitrogens is 1. The highest BCUT2D eigenvalue weighted by Crippen LogP contribution is 2.38. The molecule has 0 saturated heterocycles. The Morgan fingerprint density at radius 2 is 1.95 bits per heavy atom. The molecular formula is C15H18F3NO2.